The third-order valence-electron chi connectivity index (χ3n) is 2.95. The van der Waals surface area contributed by atoms with Crippen molar-refractivity contribution in [1.82, 2.24) is 5.32 Å². The van der Waals surface area contributed by atoms with Crippen molar-refractivity contribution >= 4 is 5.91 Å². The maximum absolute atomic E-state index is 11.4. The molecule has 1 N–H and O–H groups in total. The van der Waals surface area contributed by atoms with Crippen LogP contribution >= 0.6 is 0 Å². The van der Waals surface area contributed by atoms with Gasteiger partial charge >= 0.3 is 101 Å². The minimum atomic E-state index is -0.200. The van der Waals surface area contributed by atoms with E-state index in [2.05, 4.69) is 35.1 Å². The molecule has 0 spiro atoms. The number of carbonyl (C=O) groups is 1. The molecule has 1 heterocycles. The molecule has 1 fully saturated rings. The summed E-state index contributed by atoms with van der Waals surface area (Å²) in [6.45, 7) is 2.09. The van der Waals surface area contributed by atoms with Crippen molar-refractivity contribution in [2.75, 3.05) is 9.36 Å². The van der Waals surface area contributed by atoms with Gasteiger partial charge in [0.05, 0.1) is 0 Å². The van der Waals surface area contributed by atoms with Crippen LogP contribution in [-0.4, -0.2) is 20.8 Å². The summed E-state index contributed by atoms with van der Waals surface area (Å²) in [5.74, 6) is 7.03. The first-order valence-electron chi connectivity index (χ1n) is 5.12. The Hall–Kier alpha value is -0.500. The van der Waals surface area contributed by atoms with Crippen LogP contribution < -0.4 is 26.5 Å². The van der Waals surface area contributed by atoms with Gasteiger partial charge in [0.1, 0.15) is 0 Å². The zero-order chi connectivity index (χ0) is 10.9. The predicted molar refractivity (Wildman–Crippen MR) is 55.9 cm³/mol. The van der Waals surface area contributed by atoms with E-state index in [0.29, 0.717) is 12.3 Å². The van der Waals surface area contributed by atoms with Crippen molar-refractivity contribution in [3.8, 4) is 11.8 Å². The maximum atomic E-state index is 11.4. The molecule has 1 aliphatic carbocycles. The quantitative estimate of drug-likeness (QED) is 0.354. The molecule has 15 heavy (non-hydrogen) atoms. The second-order valence-corrected chi connectivity index (χ2v) is 6.55. The first-order chi connectivity index (χ1) is 7.14. The molecule has 3 heteroatoms. The number of halogens is 1. The van der Waals surface area contributed by atoms with E-state index in [1.165, 1.54) is 5.57 Å². The Morgan fingerprint density at radius 1 is 1.73 bits per heavy atom. The molecule has 1 aliphatic heterocycles. The molecule has 2 aliphatic rings. The average molecular weight is 316 g/mol. The van der Waals surface area contributed by atoms with Crippen molar-refractivity contribution in [2.45, 2.75) is 25.3 Å². The van der Waals surface area contributed by atoms with Crippen LogP contribution in [0, 0.1) is 17.8 Å². The van der Waals surface area contributed by atoms with Crippen LogP contribution in [0.1, 0.15) is 19.8 Å². The number of piperidine rings is 1. The molecule has 2 rings (SSSR count). The summed E-state index contributed by atoms with van der Waals surface area (Å²) < 4.78 is 1.13. The molecule has 0 aromatic rings. The second kappa shape index (κ2) is 4.17. The summed E-state index contributed by atoms with van der Waals surface area (Å²) in [4.78, 5) is 13.7. The SMILES string of the molecule is C[I-]CC1=C[C@@]2(C)NC(=O)CCC2C#C1. The fraction of sp³-hybridized carbons (Fsp3) is 0.583. The van der Waals surface area contributed by atoms with Gasteiger partial charge in [0.15, 0.2) is 0 Å². The van der Waals surface area contributed by atoms with E-state index >= 15 is 0 Å². The summed E-state index contributed by atoms with van der Waals surface area (Å²) in [5, 5.41) is 3.08. The zero-order valence-electron chi connectivity index (χ0n) is 9.06. The van der Waals surface area contributed by atoms with Crippen LogP contribution in [0.25, 0.3) is 0 Å². The van der Waals surface area contributed by atoms with Crippen molar-refractivity contribution < 1.29 is 26.0 Å². The van der Waals surface area contributed by atoms with Gasteiger partial charge in [-0.3, -0.25) is 0 Å². The summed E-state index contributed by atoms with van der Waals surface area (Å²) >= 11 is 0.239. The molecular formula is C12H15INO-. The Balaban J connectivity index is 2.24. The van der Waals surface area contributed by atoms with E-state index in [0.717, 1.165) is 10.8 Å². The second-order valence-electron chi connectivity index (χ2n) is 4.26. The van der Waals surface area contributed by atoms with Gasteiger partial charge in [-0.15, -0.1) is 0 Å². The van der Waals surface area contributed by atoms with Gasteiger partial charge in [0.2, 0.25) is 0 Å². The summed E-state index contributed by atoms with van der Waals surface area (Å²) in [7, 11) is 0. The van der Waals surface area contributed by atoms with Crippen LogP contribution in [-0.2, 0) is 4.79 Å². The number of hydrogen-bond donors (Lipinski definition) is 1. The average Bonchev–Trinajstić information content (AvgIpc) is 2.16. The van der Waals surface area contributed by atoms with Gasteiger partial charge in [-0.1, -0.05) is 0 Å². The number of amides is 1. The van der Waals surface area contributed by atoms with Gasteiger partial charge in [0, 0.05) is 0 Å². The molecular weight excluding hydrogens is 301 g/mol. The van der Waals surface area contributed by atoms with Crippen molar-refractivity contribution in [2.24, 2.45) is 5.92 Å². The predicted octanol–water partition coefficient (Wildman–Crippen LogP) is -2.07. The van der Waals surface area contributed by atoms with E-state index < -0.39 is 0 Å². The van der Waals surface area contributed by atoms with E-state index in [4.69, 9.17) is 0 Å². The molecule has 1 saturated heterocycles. The van der Waals surface area contributed by atoms with E-state index in [1.807, 2.05) is 0 Å². The molecule has 0 aromatic carbocycles. The van der Waals surface area contributed by atoms with Gasteiger partial charge in [-0.2, -0.15) is 0 Å². The molecule has 0 bridgehead atoms. The number of alkyl halides is 2. The van der Waals surface area contributed by atoms with Crippen molar-refractivity contribution in [3.63, 3.8) is 0 Å². The van der Waals surface area contributed by atoms with E-state index in [9.17, 15) is 4.79 Å². The number of hydrogen-bond acceptors (Lipinski definition) is 1. The fourth-order valence-electron chi connectivity index (χ4n) is 2.18. The molecule has 0 saturated carbocycles. The van der Waals surface area contributed by atoms with Gasteiger partial charge in [-0.05, 0) is 0 Å². The molecule has 2 nitrogen and oxygen atoms in total. The van der Waals surface area contributed by atoms with Crippen LogP contribution in [0.5, 0.6) is 0 Å². The monoisotopic (exact) mass is 316 g/mol. The Morgan fingerprint density at radius 3 is 3.27 bits per heavy atom. The van der Waals surface area contributed by atoms with Gasteiger partial charge < -0.3 is 0 Å². The van der Waals surface area contributed by atoms with Crippen LogP contribution in [0.2, 0.25) is 0 Å². The van der Waals surface area contributed by atoms with E-state index in [1.54, 1.807) is 0 Å². The summed E-state index contributed by atoms with van der Waals surface area (Å²) in [5.41, 5.74) is 1.03. The molecule has 2 atom stereocenters. The first-order valence-corrected chi connectivity index (χ1v) is 8.80. The summed E-state index contributed by atoms with van der Waals surface area (Å²) in [6, 6.07) is 0. The van der Waals surface area contributed by atoms with Crippen LogP contribution in [0.15, 0.2) is 11.6 Å². The Kier molecular flexibility index (Phi) is 3.06. The number of carbonyl (C=O) groups excluding carboxylic acids is 1. The molecule has 0 aromatic heterocycles. The Bertz CT molecular complexity index is 377. The Morgan fingerprint density at radius 2 is 2.53 bits per heavy atom. The number of nitrogens with one attached hydrogen (secondary N) is 1. The molecule has 0 radical (unpaired) electrons. The topological polar surface area (TPSA) is 29.1 Å². The fourth-order valence-corrected chi connectivity index (χ4v) is 3.41. The number of allylic oxidation sites excluding steroid dienone is 1. The number of fused-ring (bicyclic) bond motifs is 1. The third-order valence-corrected chi connectivity index (χ3v) is 4.54. The molecule has 1 unspecified atom stereocenters. The summed E-state index contributed by atoms with van der Waals surface area (Å²) in [6.07, 6.45) is 3.72. The van der Waals surface area contributed by atoms with E-state index in [-0.39, 0.29) is 32.7 Å². The van der Waals surface area contributed by atoms with Crippen molar-refractivity contribution in [1.29, 1.82) is 0 Å². The van der Waals surface area contributed by atoms with Gasteiger partial charge in [-0.25, -0.2) is 0 Å². The normalized spacial score (nSPS) is 33.6. The standard InChI is InChI=1S/C12H15INO/c1-12-7-9(8-13-2)3-4-10(12)5-6-11(15)14-12/h7,10H,5-6,8H2,1-2H3,(H,14,15)/q-1/t10?,12-/m1/s1. The molecule has 1 amide bonds. The minimum absolute atomic E-state index is 0.166. The third kappa shape index (κ3) is 2.20. The van der Waals surface area contributed by atoms with Crippen molar-refractivity contribution in [3.05, 3.63) is 11.6 Å². The van der Waals surface area contributed by atoms with Crippen LogP contribution in [0.4, 0.5) is 0 Å². The first kappa shape index (κ1) is 11.0. The van der Waals surface area contributed by atoms with Crippen LogP contribution in [0.3, 0.4) is 0 Å². The van der Waals surface area contributed by atoms with Gasteiger partial charge in [0.25, 0.3) is 0 Å². The number of rotatable bonds is 2. The zero-order valence-corrected chi connectivity index (χ0v) is 11.2. The Labute approximate surface area is 101 Å². The molecule has 82 valence electrons.